The van der Waals surface area contributed by atoms with Crippen LogP contribution in [0.2, 0.25) is 0 Å². The predicted octanol–water partition coefficient (Wildman–Crippen LogP) is 1.64. The van der Waals surface area contributed by atoms with E-state index in [2.05, 4.69) is 0 Å². The Morgan fingerprint density at radius 1 is 0.926 bits per heavy atom. The number of amides is 2. The van der Waals surface area contributed by atoms with Crippen molar-refractivity contribution >= 4 is 17.8 Å². The molecule has 1 saturated heterocycles. The van der Waals surface area contributed by atoms with Crippen molar-refractivity contribution < 1.29 is 23.9 Å². The first kappa shape index (κ1) is 20.7. The van der Waals surface area contributed by atoms with Gasteiger partial charge in [-0.2, -0.15) is 0 Å². The molecular formula is C20H28N2O5. The van der Waals surface area contributed by atoms with Crippen LogP contribution in [0.3, 0.4) is 0 Å². The summed E-state index contributed by atoms with van der Waals surface area (Å²) >= 11 is 0. The number of ether oxygens (including phenoxy) is 2. The molecule has 0 N–H and O–H groups in total. The lowest BCUT2D eigenvalue weighted by Gasteiger charge is -2.34. The van der Waals surface area contributed by atoms with Gasteiger partial charge in [0.2, 0.25) is 5.91 Å². The van der Waals surface area contributed by atoms with Gasteiger partial charge in [0.25, 0.3) is 5.91 Å². The number of nitrogens with zero attached hydrogens (tertiary/aromatic N) is 2. The van der Waals surface area contributed by atoms with Crippen molar-refractivity contribution in [3.8, 4) is 5.75 Å². The number of piperazine rings is 1. The predicted molar refractivity (Wildman–Crippen MR) is 100 cm³/mol. The summed E-state index contributed by atoms with van der Waals surface area (Å²) < 4.78 is 10.5. The van der Waals surface area contributed by atoms with Gasteiger partial charge in [-0.25, -0.2) is 0 Å². The minimum Gasteiger partial charge on any atom is -0.483 e. The number of esters is 1. The molecule has 0 atom stereocenters. The Morgan fingerprint density at radius 2 is 1.56 bits per heavy atom. The van der Waals surface area contributed by atoms with Gasteiger partial charge in [0.1, 0.15) is 5.75 Å². The maximum atomic E-state index is 12.4. The third kappa shape index (κ3) is 6.27. The molecular weight excluding hydrogens is 348 g/mol. The van der Waals surface area contributed by atoms with Crippen LogP contribution in [0.4, 0.5) is 0 Å². The number of carbonyl (C=O) groups is 3. The SMILES string of the molecule is CCOC(=O)CCC(=O)N1CCN(C(=O)COc2ccccc2CC)CC1. The van der Waals surface area contributed by atoms with E-state index in [1.165, 1.54) is 0 Å². The first-order chi connectivity index (χ1) is 13.0. The number of aryl methyl sites for hydroxylation is 1. The monoisotopic (exact) mass is 376 g/mol. The highest BCUT2D eigenvalue weighted by atomic mass is 16.5. The highest BCUT2D eigenvalue weighted by Crippen LogP contribution is 2.18. The second-order valence-corrected chi connectivity index (χ2v) is 6.32. The van der Waals surface area contributed by atoms with Crippen LogP contribution >= 0.6 is 0 Å². The van der Waals surface area contributed by atoms with Gasteiger partial charge in [-0.15, -0.1) is 0 Å². The Bertz CT molecular complexity index is 654. The molecule has 2 rings (SSSR count). The standard InChI is InChI=1S/C20H28N2O5/c1-3-16-7-5-6-8-17(16)27-15-19(24)22-13-11-21(12-14-22)18(23)9-10-20(25)26-4-2/h5-8H,3-4,9-15H2,1-2H3. The summed E-state index contributed by atoms with van der Waals surface area (Å²) in [5, 5.41) is 0. The van der Waals surface area contributed by atoms with Crippen molar-refractivity contribution in [2.45, 2.75) is 33.1 Å². The summed E-state index contributed by atoms with van der Waals surface area (Å²) in [6.45, 7) is 5.98. The number of hydrogen-bond acceptors (Lipinski definition) is 5. The highest BCUT2D eigenvalue weighted by molar-refractivity contribution is 5.82. The second-order valence-electron chi connectivity index (χ2n) is 6.32. The summed E-state index contributed by atoms with van der Waals surface area (Å²) in [4.78, 5) is 39.3. The minimum atomic E-state index is -0.357. The molecule has 0 aliphatic carbocycles. The van der Waals surface area contributed by atoms with Crippen LogP contribution in [0.25, 0.3) is 0 Å². The van der Waals surface area contributed by atoms with Gasteiger partial charge < -0.3 is 19.3 Å². The van der Waals surface area contributed by atoms with Crippen LogP contribution in [-0.4, -0.2) is 67.0 Å². The lowest BCUT2D eigenvalue weighted by Crippen LogP contribution is -2.51. The van der Waals surface area contributed by atoms with Crippen molar-refractivity contribution in [1.29, 1.82) is 0 Å². The normalized spacial score (nSPS) is 14.0. The topological polar surface area (TPSA) is 76.2 Å². The fraction of sp³-hybridized carbons (Fsp3) is 0.550. The van der Waals surface area contributed by atoms with Crippen LogP contribution in [0.15, 0.2) is 24.3 Å². The Balaban J connectivity index is 1.73. The van der Waals surface area contributed by atoms with E-state index in [1.54, 1.807) is 16.7 Å². The molecule has 0 aromatic heterocycles. The lowest BCUT2D eigenvalue weighted by atomic mass is 10.1. The summed E-state index contributed by atoms with van der Waals surface area (Å²) in [7, 11) is 0. The van der Waals surface area contributed by atoms with Crippen molar-refractivity contribution in [2.24, 2.45) is 0 Å². The first-order valence-electron chi connectivity index (χ1n) is 9.47. The van der Waals surface area contributed by atoms with E-state index in [-0.39, 0.29) is 37.2 Å². The number of benzene rings is 1. The summed E-state index contributed by atoms with van der Waals surface area (Å²) in [5.41, 5.74) is 1.07. The Morgan fingerprint density at radius 3 is 2.19 bits per heavy atom. The van der Waals surface area contributed by atoms with Crippen LogP contribution < -0.4 is 4.74 Å². The average Bonchev–Trinajstić information content (AvgIpc) is 2.70. The molecule has 7 heteroatoms. The van der Waals surface area contributed by atoms with Crippen molar-refractivity contribution in [1.82, 2.24) is 9.80 Å². The van der Waals surface area contributed by atoms with E-state index >= 15 is 0 Å². The van der Waals surface area contributed by atoms with Gasteiger partial charge in [0, 0.05) is 32.6 Å². The molecule has 2 amide bonds. The molecule has 1 aliphatic heterocycles. The molecule has 1 fully saturated rings. The molecule has 0 saturated carbocycles. The molecule has 1 heterocycles. The highest BCUT2D eigenvalue weighted by Gasteiger charge is 2.24. The van der Waals surface area contributed by atoms with Gasteiger partial charge in [-0.1, -0.05) is 25.1 Å². The molecule has 27 heavy (non-hydrogen) atoms. The largest absolute Gasteiger partial charge is 0.483 e. The van der Waals surface area contributed by atoms with Crippen LogP contribution in [0, 0.1) is 0 Å². The van der Waals surface area contributed by atoms with Gasteiger partial charge >= 0.3 is 5.97 Å². The minimum absolute atomic E-state index is 0.00613. The molecule has 1 aromatic carbocycles. The Kier molecular flexibility index (Phi) is 8.10. The zero-order valence-electron chi connectivity index (χ0n) is 16.1. The van der Waals surface area contributed by atoms with Gasteiger partial charge in [0.05, 0.1) is 13.0 Å². The first-order valence-corrected chi connectivity index (χ1v) is 9.47. The fourth-order valence-corrected chi connectivity index (χ4v) is 2.97. The quantitative estimate of drug-likeness (QED) is 0.645. The zero-order chi connectivity index (χ0) is 19.6. The number of para-hydroxylation sites is 1. The lowest BCUT2D eigenvalue weighted by molar-refractivity contribution is -0.146. The van der Waals surface area contributed by atoms with E-state index in [1.807, 2.05) is 31.2 Å². The van der Waals surface area contributed by atoms with E-state index in [0.717, 1.165) is 17.7 Å². The molecule has 1 aliphatic rings. The molecule has 1 aromatic rings. The van der Waals surface area contributed by atoms with Crippen LogP contribution in [-0.2, 0) is 25.5 Å². The van der Waals surface area contributed by atoms with E-state index in [9.17, 15) is 14.4 Å². The van der Waals surface area contributed by atoms with Gasteiger partial charge in [-0.3, -0.25) is 14.4 Å². The van der Waals surface area contributed by atoms with Crippen LogP contribution in [0.5, 0.6) is 5.75 Å². The summed E-state index contributed by atoms with van der Waals surface area (Å²) in [5.74, 6) is 0.216. The van der Waals surface area contributed by atoms with E-state index in [4.69, 9.17) is 9.47 Å². The zero-order valence-corrected chi connectivity index (χ0v) is 16.1. The second kappa shape index (κ2) is 10.5. The maximum Gasteiger partial charge on any atom is 0.306 e. The Hall–Kier alpha value is -2.57. The third-order valence-electron chi connectivity index (χ3n) is 4.54. The van der Waals surface area contributed by atoms with Crippen LogP contribution in [0.1, 0.15) is 32.3 Å². The average molecular weight is 376 g/mol. The van der Waals surface area contributed by atoms with E-state index in [0.29, 0.717) is 32.8 Å². The molecule has 7 nitrogen and oxygen atoms in total. The number of rotatable bonds is 8. The molecule has 148 valence electrons. The third-order valence-corrected chi connectivity index (χ3v) is 4.54. The van der Waals surface area contributed by atoms with Gasteiger partial charge in [0.15, 0.2) is 6.61 Å². The van der Waals surface area contributed by atoms with Crippen molar-refractivity contribution in [2.75, 3.05) is 39.4 Å². The summed E-state index contributed by atoms with van der Waals surface area (Å²) in [6, 6.07) is 7.69. The molecule has 0 radical (unpaired) electrons. The van der Waals surface area contributed by atoms with E-state index < -0.39 is 0 Å². The number of carbonyl (C=O) groups excluding carboxylic acids is 3. The molecule has 0 unspecified atom stereocenters. The summed E-state index contributed by atoms with van der Waals surface area (Å²) in [6.07, 6.45) is 1.08. The molecule has 0 bridgehead atoms. The van der Waals surface area contributed by atoms with Crippen molar-refractivity contribution in [3.63, 3.8) is 0 Å². The number of hydrogen-bond donors (Lipinski definition) is 0. The van der Waals surface area contributed by atoms with Crippen molar-refractivity contribution in [3.05, 3.63) is 29.8 Å². The Labute approximate surface area is 160 Å². The fourth-order valence-electron chi connectivity index (χ4n) is 2.97. The maximum absolute atomic E-state index is 12.4. The smallest absolute Gasteiger partial charge is 0.306 e. The molecule has 0 spiro atoms. The van der Waals surface area contributed by atoms with Gasteiger partial charge in [-0.05, 0) is 25.0 Å².